The average molecular weight is 285 g/mol. The number of hydrogen-bond donors (Lipinski definition) is 1. The number of primary amides is 1. The number of aromatic nitrogens is 3. The molecule has 1 atom stereocenters. The normalized spacial score (nSPS) is 12.2. The van der Waals surface area contributed by atoms with Crippen molar-refractivity contribution < 1.29 is 9.59 Å². The van der Waals surface area contributed by atoms with Gasteiger partial charge in [0, 0.05) is 34.0 Å². The van der Waals surface area contributed by atoms with Crippen molar-refractivity contribution in [2.45, 2.75) is 30.2 Å². The smallest absolute Gasteiger partial charge is 0.235 e. The van der Waals surface area contributed by atoms with Crippen molar-refractivity contribution in [1.82, 2.24) is 19.7 Å². The fourth-order valence-electron chi connectivity index (χ4n) is 1.47. The van der Waals surface area contributed by atoms with Crippen LogP contribution in [0.1, 0.15) is 19.2 Å². The summed E-state index contributed by atoms with van der Waals surface area (Å²) in [6.07, 6.45) is 0.693. The molecule has 0 aromatic carbocycles. The molecule has 1 rings (SSSR count). The molecule has 0 bridgehead atoms. The highest BCUT2D eigenvalue weighted by molar-refractivity contribution is 8.00. The zero-order chi connectivity index (χ0) is 14.6. The third-order valence-electron chi connectivity index (χ3n) is 2.59. The second-order valence-electron chi connectivity index (χ2n) is 4.42. The van der Waals surface area contributed by atoms with Gasteiger partial charge < -0.3 is 15.2 Å². The Morgan fingerprint density at radius 3 is 2.58 bits per heavy atom. The molecule has 0 radical (unpaired) electrons. The van der Waals surface area contributed by atoms with Crippen LogP contribution >= 0.6 is 11.8 Å². The van der Waals surface area contributed by atoms with E-state index < -0.39 is 0 Å². The molecular formula is C11H19N5O2S. The molecule has 2 N–H and O–H groups in total. The topological polar surface area (TPSA) is 94.1 Å². The minimum atomic E-state index is -0.367. The average Bonchev–Trinajstić information content (AvgIpc) is 2.67. The van der Waals surface area contributed by atoms with Crippen LogP contribution in [0.25, 0.3) is 0 Å². The van der Waals surface area contributed by atoms with Gasteiger partial charge in [0.05, 0.1) is 5.25 Å². The van der Waals surface area contributed by atoms with E-state index in [-0.39, 0.29) is 23.5 Å². The van der Waals surface area contributed by atoms with Crippen LogP contribution in [0.4, 0.5) is 0 Å². The first-order valence-electron chi connectivity index (χ1n) is 5.87. The fraction of sp³-hybridized carbons (Fsp3) is 0.636. The Hall–Kier alpha value is -1.57. The van der Waals surface area contributed by atoms with Gasteiger partial charge in [0.1, 0.15) is 5.82 Å². The summed E-state index contributed by atoms with van der Waals surface area (Å²) in [6, 6.07) is 0. The number of thioether (sulfide) groups is 1. The maximum absolute atomic E-state index is 11.8. The molecule has 1 heterocycles. The molecule has 19 heavy (non-hydrogen) atoms. The van der Waals surface area contributed by atoms with Crippen LogP contribution in [0.2, 0.25) is 0 Å². The molecule has 0 spiro atoms. The van der Waals surface area contributed by atoms with Gasteiger partial charge in [-0.05, 0) is 6.92 Å². The van der Waals surface area contributed by atoms with Gasteiger partial charge in [-0.2, -0.15) is 0 Å². The standard InChI is InChI=1S/C11H19N5O2S/c1-7(10(18)15(2)3)19-11-14-13-9(16(11)4)6-5-8(12)17/h7H,5-6H2,1-4H3,(H2,12,17)/t7-/m0/s1. The molecule has 0 saturated carbocycles. The number of nitrogens with zero attached hydrogens (tertiary/aromatic N) is 4. The highest BCUT2D eigenvalue weighted by Gasteiger charge is 2.20. The zero-order valence-electron chi connectivity index (χ0n) is 11.6. The van der Waals surface area contributed by atoms with Crippen molar-refractivity contribution >= 4 is 23.6 Å². The molecule has 0 aliphatic heterocycles. The summed E-state index contributed by atoms with van der Waals surface area (Å²) in [5.74, 6) is 0.339. The van der Waals surface area contributed by atoms with Crippen molar-refractivity contribution in [3.63, 3.8) is 0 Å². The van der Waals surface area contributed by atoms with Crippen LogP contribution in [0.15, 0.2) is 5.16 Å². The van der Waals surface area contributed by atoms with Crippen LogP contribution in [0.5, 0.6) is 0 Å². The lowest BCUT2D eigenvalue weighted by atomic mass is 10.3. The third kappa shape index (κ3) is 4.23. The first-order chi connectivity index (χ1) is 8.82. The molecule has 1 aromatic rings. The van der Waals surface area contributed by atoms with Crippen molar-refractivity contribution in [2.75, 3.05) is 14.1 Å². The van der Waals surface area contributed by atoms with Crippen molar-refractivity contribution in [2.24, 2.45) is 12.8 Å². The SMILES string of the molecule is C[C@H](Sc1nnc(CCC(N)=O)n1C)C(=O)N(C)C. The summed E-state index contributed by atoms with van der Waals surface area (Å²) >= 11 is 1.34. The second-order valence-corrected chi connectivity index (χ2v) is 5.72. The van der Waals surface area contributed by atoms with Crippen molar-refractivity contribution in [3.05, 3.63) is 5.82 Å². The van der Waals surface area contributed by atoms with E-state index in [2.05, 4.69) is 10.2 Å². The Labute approximate surface area is 116 Å². The fourth-order valence-corrected chi connectivity index (χ4v) is 2.45. The Balaban J connectivity index is 2.70. The maximum Gasteiger partial charge on any atom is 0.235 e. The van der Waals surface area contributed by atoms with E-state index in [9.17, 15) is 9.59 Å². The quantitative estimate of drug-likeness (QED) is 0.731. The largest absolute Gasteiger partial charge is 0.370 e. The van der Waals surface area contributed by atoms with E-state index in [0.717, 1.165) is 0 Å². The number of aryl methyl sites for hydroxylation is 1. The zero-order valence-corrected chi connectivity index (χ0v) is 12.4. The molecule has 1 aromatic heterocycles. The molecule has 0 saturated heterocycles. The number of carbonyl (C=O) groups is 2. The van der Waals surface area contributed by atoms with Gasteiger partial charge in [0.15, 0.2) is 5.16 Å². The summed E-state index contributed by atoms with van der Waals surface area (Å²) in [4.78, 5) is 24.1. The number of carbonyl (C=O) groups excluding carboxylic acids is 2. The van der Waals surface area contributed by atoms with Crippen LogP contribution < -0.4 is 5.73 Å². The molecular weight excluding hydrogens is 266 g/mol. The highest BCUT2D eigenvalue weighted by atomic mass is 32.2. The van der Waals surface area contributed by atoms with Gasteiger partial charge in [-0.3, -0.25) is 9.59 Å². The summed E-state index contributed by atoms with van der Waals surface area (Å²) in [5, 5.41) is 8.45. The maximum atomic E-state index is 11.8. The summed E-state index contributed by atoms with van der Waals surface area (Å²) in [6.45, 7) is 1.82. The summed E-state index contributed by atoms with van der Waals surface area (Å²) in [7, 11) is 5.24. The van der Waals surface area contributed by atoms with E-state index in [4.69, 9.17) is 5.73 Å². The lowest BCUT2D eigenvalue weighted by Crippen LogP contribution is -2.29. The Morgan fingerprint density at radius 1 is 1.42 bits per heavy atom. The van der Waals surface area contributed by atoms with Gasteiger partial charge in [0.25, 0.3) is 0 Å². The van der Waals surface area contributed by atoms with E-state index in [1.54, 1.807) is 23.6 Å². The van der Waals surface area contributed by atoms with E-state index in [1.807, 2.05) is 14.0 Å². The summed E-state index contributed by atoms with van der Waals surface area (Å²) < 4.78 is 1.78. The number of amides is 2. The van der Waals surface area contributed by atoms with Crippen molar-refractivity contribution in [1.29, 1.82) is 0 Å². The molecule has 7 nitrogen and oxygen atoms in total. The van der Waals surface area contributed by atoms with E-state index in [0.29, 0.717) is 17.4 Å². The first-order valence-corrected chi connectivity index (χ1v) is 6.75. The minimum Gasteiger partial charge on any atom is -0.370 e. The molecule has 0 aliphatic carbocycles. The Morgan fingerprint density at radius 2 is 2.05 bits per heavy atom. The van der Waals surface area contributed by atoms with Crippen LogP contribution in [0, 0.1) is 0 Å². The summed E-state index contributed by atoms with van der Waals surface area (Å²) in [5.41, 5.74) is 5.10. The van der Waals surface area contributed by atoms with Gasteiger partial charge >= 0.3 is 0 Å². The van der Waals surface area contributed by atoms with Crippen LogP contribution in [-0.4, -0.2) is 50.8 Å². The highest BCUT2D eigenvalue weighted by Crippen LogP contribution is 2.22. The number of nitrogens with two attached hydrogens (primary N) is 1. The molecule has 0 fully saturated rings. The second kappa shape index (κ2) is 6.55. The monoisotopic (exact) mass is 285 g/mol. The van der Waals surface area contributed by atoms with Gasteiger partial charge in [-0.25, -0.2) is 0 Å². The predicted molar refractivity (Wildman–Crippen MR) is 72.5 cm³/mol. The first kappa shape index (κ1) is 15.5. The molecule has 106 valence electrons. The lowest BCUT2D eigenvalue weighted by Gasteiger charge is -2.15. The van der Waals surface area contributed by atoms with E-state index in [1.165, 1.54) is 11.8 Å². The van der Waals surface area contributed by atoms with Gasteiger partial charge in [-0.15, -0.1) is 10.2 Å². The molecule has 2 amide bonds. The Kier molecular flexibility index (Phi) is 5.34. The third-order valence-corrected chi connectivity index (χ3v) is 3.71. The number of hydrogen-bond acceptors (Lipinski definition) is 5. The lowest BCUT2D eigenvalue weighted by molar-refractivity contribution is -0.127. The van der Waals surface area contributed by atoms with Gasteiger partial charge in [0.2, 0.25) is 11.8 Å². The molecule has 8 heteroatoms. The van der Waals surface area contributed by atoms with Gasteiger partial charge in [-0.1, -0.05) is 11.8 Å². The molecule has 0 unspecified atom stereocenters. The minimum absolute atomic E-state index is 0.0201. The van der Waals surface area contributed by atoms with Crippen LogP contribution in [0.3, 0.4) is 0 Å². The van der Waals surface area contributed by atoms with Crippen molar-refractivity contribution in [3.8, 4) is 0 Å². The Bertz CT molecular complexity index is 472. The number of rotatable bonds is 6. The van der Waals surface area contributed by atoms with Crippen LogP contribution in [-0.2, 0) is 23.1 Å². The molecule has 0 aliphatic rings. The predicted octanol–water partition coefficient (Wildman–Crippen LogP) is -0.198. The van der Waals surface area contributed by atoms with E-state index >= 15 is 0 Å².